The molecule has 3 aromatic rings. The predicted molar refractivity (Wildman–Crippen MR) is 95.9 cm³/mol. The molecule has 1 aromatic carbocycles. The van der Waals surface area contributed by atoms with Gasteiger partial charge in [0.15, 0.2) is 5.13 Å². The van der Waals surface area contributed by atoms with Gasteiger partial charge in [-0.2, -0.15) is 0 Å². The van der Waals surface area contributed by atoms with Crippen molar-refractivity contribution < 1.29 is 14.1 Å². The number of aryl methyl sites for hydroxylation is 3. The molecular weight excluding hydrogens is 338 g/mol. The number of aromatic nitrogens is 2. The van der Waals surface area contributed by atoms with Crippen molar-refractivity contribution in [1.82, 2.24) is 10.1 Å². The van der Waals surface area contributed by atoms with E-state index in [1.165, 1.54) is 11.3 Å². The molecule has 6 nitrogen and oxygen atoms in total. The van der Waals surface area contributed by atoms with Crippen LogP contribution in [0.4, 0.5) is 5.13 Å². The van der Waals surface area contributed by atoms with Gasteiger partial charge in [-0.25, -0.2) is 4.98 Å². The molecular formula is C18H19N3O3S. The maximum Gasteiger partial charge on any atom is 0.230 e. The van der Waals surface area contributed by atoms with E-state index in [2.05, 4.69) is 15.5 Å². The van der Waals surface area contributed by atoms with Crippen LogP contribution in [0.2, 0.25) is 0 Å². The van der Waals surface area contributed by atoms with Crippen LogP contribution in [0.15, 0.2) is 35.0 Å². The van der Waals surface area contributed by atoms with Crippen molar-refractivity contribution in [2.24, 2.45) is 0 Å². The van der Waals surface area contributed by atoms with E-state index in [0.29, 0.717) is 18.2 Å². The van der Waals surface area contributed by atoms with Gasteiger partial charge < -0.3 is 14.6 Å². The van der Waals surface area contributed by atoms with Gasteiger partial charge in [-0.05, 0) is 38.5 Å². The lowest BCUT2D eigenvalue weighted by molar-refractivity contribution is -0.115. The second-order valence-electron chi connectivity index (χ2n) is 5.74. The lowest BCUT2D eigenvalue weighted by Gasteiger charge is -2.07. The highest BCUT2D eigenvalue weighted by molar-refractivity contribution is 7.15. The van der Waals surface area contributed by atoms with Gasteiger partial charge in [0, 0.05) is 11.1 Å². The van der Waals surface area contributed by atoms with E-state index in [1.54, 1.807) is 6.20 Å². The van der Waals surface area contributed by atoms with Crippen molar-refractivity contribution >= 4 is 22.4 Å². The Kier molecular flexibility index (Phi) is 5.14. The van der Waals surface area contributed by atoms with Crippen molar-refractivity contribution in [3.8, 4) is 5.75 Å². The van der Waals surface area contributed by atoms with Crippen LogP contribution >= 0.6 is 11.3 Å². The number of amides is 1. The quantitative estimate of drug-likeness (QED) is 0.726. The second kappa shape index (κ2) is 7.48. The Labute approximate surface area is 149 Å². The van der Waals surface area contributed by atoms with Gasteiger partial charge >= 0.3 is 0 Å². The molecule has 2 aromatic heterocycles. The summed E-state index contributed by atoms with van der Waals surface area (Å²) < 4.78 is 10.9. The van der Waals surface area contributed by atoms with Crippen LogP contribution in [0.25, 0.3) is 0 Å². The van der Waals surface area contributed by atoms with Crippen LogP contribution in [0.3, 0.4) is 0 Å². The number of ether oxygens (including phenoxy) is 1. The zero-order valence-corrected chi connectivity index (χ0v) is 15.1. The average Bonchev–Trinajstić information content (AvgIpc) is 3.12. The lowest BCUT2D eigenvalue weighted by atomic mass is 10.1. The van der Waals surface area contributed by atoms with Gasteiger partial charge in [-0.1, -0.05) is 17.3 Å². The van der Waals surface area contributed by atoms with Gasteiger partial charge in [0.25, 0.3) is 0 Å². The van der Waals surface area contributed by atoms with E-state index in [1.807, 2.05) is 45.0 Å². The number of nitrogens with zero attached hydrogens (tertiary/aromatic N) is 2. The Morgan fingerprint density at radius 3 is 2.60 bits per heavy atom. The Balaban J connectivity index is 1.54. The Morgan fingerprint density at radius 2 is 2.00 bits per heavy atom. The number of thiazole rings is 1. The molecule has 0 unspecified atom stereocenters. The number of carbonyl (C=O) groups excluding carboxylic acids is 1. The first-order valence-corrected chi connectivity index (χ1v) is 8.68. The molecule has 2 heterocycles. The molecule has 0 aliphatic heterocycles. The SMILES string of the molecule is Cc1cnc(NC(=O)Cc2ccc(OCc3c(C)noc3C)cc2)s1. The molecule has 0 saturated heterocycles. The molecule has 3 rings (SSSR count). The van der Waals surface area contributed by atoms with Crippen molar-refractivity contribution in [1.29, 1.82) is 0 Å². The summed E-state index contributed by atoms with van der Waals surface area (Å²) in [5.74, 6) is 1.42. The second-order valence-corrected chi connectivity index (χ2v) is 6.97. The minimum Gasteiger partial charge on any atom is -0.489 e. The summed E-state index contributed by atoms with van der Waals surface area (Å²) in [4.78, 5) is 17.2. The normalized spacial score (nSPS) is 10.7. The van der Waals surface area contributed by atoms with Crippen molar-refractivity contribution in [3.05, 3.63) is 57.9 Å². The van der Waals surface area contributed by atoms with Crippen LogP contribution in [0.5, 0.6) is 5.75 Å². The highest BCUT2D eigenvalue weighted by atomic mass is 32.1. The number of rotatable bonds is 6. The van der Waals surface area contributed by atoms with Crippen LogP contribution < -0.4 is 10.1 Å². The van der Waals surface area contributed by atoms with E-state index in [9.17, 15) is 4.79 Å². The monoisotopic (exact) mass is 357 g/mol. The summed E-state index contributed by atoms with van der Waals surface area (Å²) in [6, 6.07) is 7.48. The molecule has 1 amide bonds. The lowest BCUT2D eigenvalue weighted by Crippen LogP contribution is -2.14. The van der Waals surface area contributed by atoms with Crippen LogP contribution in [-0.2, 0) is 17.8 Å². The number of anilines is 1. The maximum atomic E-state index is 12.0. The summed E-state index contributed by atoms with van der Waals surface area (Å²) in [5.41, 5.74) is 2.71. The van der Waals surface area contributed by atoms with Crippen LogP contribution in [0, 0.1) is 20.8 Å². The molecule has 0 radical (unpaired) electrons. The van der Waals surface area contributed by atoms with E-state index in [0.717, 1.165) is 33.2 Å². The first-order chi connectivity index (χ1) is 12.0. The van der Waals surface area contributed by atoms with Gasteiger partial charge in [0.1, 0.15) is 18.1 Å². The van der Waals surface area contributed by atoms with E-state index >= 15 is 0 Å². The highest BCUT2D eigenvalue weighted by Crippen LogP contribution is 2.19. The Hall–Kier alpha value is -2.67. The van der Waals surface area contributed by atoms with E-state index < -0.39 is 0 Å². The van der Waals surface area contributed by atoms with E-state index in [4.69, 9.17) is 9.26 Å². The highest BCUT2D eigenvalue weighted by Gasteiger charge is 2.10. The number of hydrogen-bond donors (Lipinski definition) is 1. The van der Waals surface area contributed by atoms with Gasteiger partial charge in [-0.15, -0.1) is 11.3 Å². The Morgan fingerprint density at radius 1 is 1.24 bits per heavy atom. The first-order valence-electron chi connectivity index (χ1n) is 7.87. The molecule has 25 heavy (non-hydrogen) atoms. The van der Waals surface area contributed by atoms with Crippen LogP contribution in [-0.4, -0.2) is 16.0 Å². The average molecular weight is 357 g/mol. The summed E-state index contributed by atoms with van der Waals surface area (Å²) in [6.07, 6.45) is 2.04. The number of hydrogen-bond acceptors (Lipinski definition) is 6. The van der Waals surface area contributed by atoms with Crippen molar-refractivity contribution in [2.45, 2.75) is 33.8 Å². The fourth-order valence-electron chi connectivity index (χ4n) is 2.33. The molecule has 1 N–H and O–H groups in total. The molecule has 7 heteroatoms. The largest absolute Gasteiger partial charge is 0.489 e. The Bertz CT molecular complexity index is 849. The molecule has 130 valence electrons. The summed E-state index contributed by atoms with van der Waals surface area (Å²) in [6.45, 7) is 6.12. The third-order valence-corrected chi connectivity index (χ3v) is 4.55. The fraction of sp³-hybridized carbons (Fsp3) is 0.278. The van der Waals surface area contributed by atoms with Gasteiger partial charge in [-0.3, -0.25) is 4.79 Å². The predicted octanol–water partition coefficient (Wildman–Crippen LogP) is 3.82. The fourth-order valence-corrected chi connectivity index (χ4v) is 3.01. The molecule has 0 saturated carbocycles. The molecule has 0 aliphatic carbocycles. The molecule has 0 atom stereocenters. The van der Waals surface area contributed by atoms with Gasteiger partial charge in [0.2, 0.25) is 5.91 Å². The van der Waals surface area contributed by atoms with Crippen molar-refractivity contribution in [3.63, 3.8) is 0 Å². The molecule has 0 fully saturated rings. The molecule has 0 bridgehead atoms. The first kappa shape index (κ1) is 17.2. The zero-order chi connectivity index (χ0) is 17.8. The summed E-state index contributed by atoms with van der Waals surface area (Å²) in [5, 5.41) is 7.34. The smallest absolute Gasteiger partial charge is 0.230 e. The molecule has 0 aliphatic rings. The minimum absolute atomic E-state index is 0.0845. The van der Waals surface area contributed by atoms with E-state index in [-0.39, 0.29) is 5.91 Å². The number of carbonyl (C=O) groups is 1. The van der Waals surface area contributed by atoms with Crippen LogP contribution in [0.1, 0.15) is 27.5 Å². The minimum atomic E-state index is -0.0845. The third-order valence-electron chi connectivity index (χ3n) is 3.72. The summed E-state index contributed by atoms with van der Waals surface area (Å²) in [7, 11) is 0. The van der Waals surface area contributed by atoms with Crippen molar-refractivity contribution in [2.75, 3.05) is 5.32 Å². The molecule has 0 spiro atoms. The zero-order valence-electron chi connectivity index (χ0n) is 14.3. The maximum absolute atomic E-state index is 12.0. The number of nitrogens with one attached hydrogen (secondary N) is 1. The number of benzene rings is 1. The standard InChI is InChI=1S/C18H19N3O3S/c1-11-9-19-18(25-11)20-17(22)8-14-4-6-15(7-5-14)23-10-16-12(2)21-24-13(16)3/h4-7,9H,8,10H2,1-3H3,(H,19,20,22). The third kappa shape index (κ3) is 4.45. The summed E-state index contributed by atoms with van der Waals surface area (Å²) >= 11 is 1.46. The topological polar surface area (TPSA) is 77.2 Å². The van der Waals surface area contributed by atoms with Gasteiger partial charge in [0.05, 0.1) is 17.7 Å².